The van der Waals surface area contributed by atoms with E-state index in [-0.39, 0.29) is 29.3 Å². The Hall–Kier alpha value is -2.86. The van der Waals surface area contributed by atoms with Crippen LogP contribution in [0.1, 0.15) is 18.9 Å². The van der Waals surface area contributed by atoms with E-state index in [4.69, 9.17) is 5.26 Å². The summed E-state index contributed by atoms with van der Waals surface area (Å²) in [6.45, 7) is 1.98. The first kappa shape index (κ1) is 19.9. The summed E-state index contributed by atoms with van der Waals surface area (Å²) in [4.78, 5) is 26.8. The van der Waals surface area contributed by atoms with Crippen LogP contribution < -0.4 is 16.2 Å². The molecule has 1 aromatic heterocycles. The van der Waals surface area contributed by atoms with Crippen LogP contribution in [0.5, 0.6) is 0 Å². The summed E-state index contributed by atoms with van der Waals surface area (Å²) in [5.74, 6) is -3.05. The molecule has 9 heteroatoms. The van der Waals surface area contributed by atoms with E-state index in [1.807, 2.05) is 6.07 Å². The SMILES string of the molecule is C[C@@H](NC(=O)Cc1cc2cc(F)c(F)cc2[nH]c1=O)C1NCC(C#N)CC1F. The average Bonchev–Trinajstić information content (AvgIpc) is 2.63. The highest BCUT2D eigenvalue weighted by Gasteiger charge is 2.34. The predicted octanol–water partition coefficient (Wildman–Crippen LogP) is 1.69. The van der Waals surface area contributed by atoms with Crippen molar-refractivity contribution in [2.24, 2.45) is 5.92 Å². The number of fused-ring (bicyclic) bond motifs is 1. The third kappa shape index (κ3) is 4.17. The van der Waals surface area contributed by atoms with Gasteiger partial charge in [0, 0.05) is 29.6 Å². The third-order valence-electron chi connectivity index (χ3n) is 4.92. The molecule has 148 valence electrons. The molecule has 0 aliphatic carbocycles. The van der Waals surface area contributed by atoms with Crippen molar-refractivity contribution in [1.29, 1.82) is 5.26 Å². The molecular formula is C19H19F3N4O2. The maximum atomic E-state index is 14.2. The van der Waals surface area contributed by atoms with Gasteiger partial charge in [0.25, 0.3) is 5.56 Å². The Balaban J connectivity index is 1.69. The van der Waals surface area contributed by atoms with Gasteiger partial charge in [0.2, 0.25) is 5.91 Å². The van der Waals surface area contributed by atoms with Gasteiger partial charge in [0.05, 0.1) is 30.0 Å². The Morgan fingerprint density at radius 3 is 2.75 bits per heavy atom. The third-order valence-corrected chi connectivity index (χ3v) is 4.92. The van der Waals surface area contributed by atoms with Gasteiger partial charge in [0.1, 0.15) is 6.17 Å². The smallest absolute Gasteiger partial charge is 0.252 e. The monoisotopic (exact) mass is 392 g/mol. The summed E-state index contributed by atoms with van der Waals surface area (Å²) in [7, 11) is 0. The molecule has 1 aliphatic heterocycles. The van der Waals surface area contributed by atoms with Gasteiger partial charge in [-0.15, -0.1) is 0 Å². The number of halogens is 3. The first-order valence-electron chi connectivity index (χ1n) is 8.86. The quantitative estimate of drug-likeness (QED) is 0.738. The molecule has 1 aliphatic rings. The van der Waals surface area contributed by atoms with Gasteiger partial charge < -0.3 is 15.6 Å². The van der Waals surface area contributed by atoms with Crippen molar-refractivity contribution in [2.45, 2.75) is 38.0 Å². The molecule has 0 bridgehead atoms. The molecule has 2 heterocycles. The number of hydrogen-bond donors (Lipinski definition) is 3. The maximum absolute atomic E-state index is 14.2. The largest absolute Gasteiger partial charge is 0.352 e. The van der Waals surface area contributed by atoms with E-state index in [2.05, 4.69) is 15.6 Å². The number of aromatic amines is 1. The molecule has 3 unspecified atom stereocenters. The normalized spacial score (nSPS) is 23.2. The fourth-order valence-corrected chi connectivity index (χ4v) is 3.44. The average molecular weight is 392 g/mol. The number of nitrogens with zero attached hydrogens (tertiary/aromatic N) is 1. The Bertz CT molecular complexity index is 1000. The topological polar surface area (TPSA) is 97.8 Å². The molecule has 2 aromatic rings. The molecular weight excluding hydrogens is 373 g/mol. The van der Waals surface area contributed by atoms with Crippen molar-refractivity contribution in [1.82, 2.24) is 15.6 Å². The number of H-pyrrole nitrogens is 1. The molecule has 3 N–H and O–H groups in total. The number of benzene rings is 1. The molecule has 0 spiro atoms. The molecule has 0 radical (unpaired) electrons. The minimum absolute atomic E-state index is 0.0844. The summed E-state index contributed by atoms with van der Waals surface area (Å²) in [6, 6.07) is 3.96. The first-order chi connectivity index (χ1) is 13.3. The lowest BCUT2D eigenvalue weighted by atomic mass is 9.90. The van der Waals surface area contributed by atoms with Crippen molar-refractivity contribution in [3.05, 3.63) is 45.8 Å². The second-order valence-corrected chi connectivity index (χ2v) is 7.02. The van der Waals surface area contributed by atoms with Crippen LogP contribution in [0.25, 0.3) is 10.9 Å². The zero-order chi connectivity index (χ0) is 20.4. The fraction of sp³-hybridized carbons (Fsp3) is 0.421. The van der Waals surface area contributed by atoms with Crippen LogP contribution in [-0.4, -0.2) is 35.7 Å². The number of carbonyl (C=O) groups excluding carboxylic acids is 1. The van der Waals surface area contributed by atoms with Gasteiger partial charge in [-0.3, -0.25) is 9.59 Å². The maximum Gasteiger partial charge on any atom is 0.252 e. The lowest BCUT2D eigenvalue weighted by Crippen LogP contribution is -2.57. The number of amides is 1. The van der Waals surface area contributed by atoms with E-state index in [9.17, 15) is 22.8 Å². The summed E-state index contributed by atoms with van der Waals surface area (Å²) >= 11 is 0. The number of carbonyl (C=O) groups is 1. The Kier molecular flexibility index (Phi) is 5.70. The van der Waals surface area contributed by atoms with Crippen LogP contribution in [-0.2, 0) is 11.2 Å². The van der Waals surface area contributed by atoms with Gasteiger partial charge >= 0.3 is 0 Å². The van der Waals surface area contributed by atoms with E-state index >= 15 is 0 Å². The van der Waals surface area contributed by atoms with Crippen LogP contribution in [0.4, 0.5) is 13.2 Å². The zero-order valence-corrected chi connectivity index (χ0v) is 15.1. The number of nitriles is 1. The molecule has 1 amide bonds. The molecule has 1 fully saturated rings. The van der Waals surface area contributed by atoms with E-state index in [1.165, 1.54) is 6.07 Å². The van der Waals surface area contributed by atoms with Crippen LogP contribution >= 0.6 is 0 Å². The van der Waals surface area contributed by atoms with Crippen molar-refractivity contribution in [3.8, 4) is 6.07 Å². The van der Waals surface area contributed by atoms with Crippen LogP contribution in [0.2, 0.25) is 0 Å². The van der Waals surface area contributed by atoms with Gasteiger partial charge in [0.15, 0.2) is 11.6 Å². The molecule has 1 saturated heterocycles. The standard InChI is InChI=1S/C19H19F3N4O2/c1-9(18-15(22)2-10(7-23)8-24-18)25-17(27)5-12-3-11-4-13(20)14(21)6-16(11)26-19(12)28/h3-4,6,9-10,15,18,24H,2,5,8H2,1H3,(H,25,27)(H,26,28)/t9-,10?,15?,18?/m1/s1. The summed E-state index contributed by atoms with van der Waals surface area (Å²) in [6.07, 6.45) is -1.48. The zero-order valence-electron chi connectivity index (χ0n) is 15.1. The molecule has 6 nitrogen and oxygen atoms in total. The minimum atomic E-state index is -1.28. The molecule has 28 heavy (non-hydrogen) atoms. The van der Waals surface area contributed by atoms with E-state index in [0.717, 1.165) is 12.1 Å². The van der Waals surface area contributed by atoms with Crippen LogP contribution in [0.15, 0.2) is 23.0 Å². The molecule has 1 aromatic carbocycles. The minimum Gasteiger partial charge on any atom is -0.352 e. The van der Waals surface area contributed by atoms with Gasteiger partial charge in [-0.2, -0.15) is 5.26 Å². The lowest BCUT2D eigenvalue weighted by Gasteiger charge is -2.34. The molecule has 3 rings (SSSR count). The van der Waals surface area contributed by atoms with Crippen LogP contribution in [0, 0.1) is 28.9 Å². The Labute approximate surface area is 158 Å². The number of hydrogen-bond acceptors (Lipinski definition) is 4. The summed E-state index contributed by atoms with van der Waals surface area (Å²) in [5, 5.41) is 14.7. The highest BCUT2D eigenvalue weighted by Crippen LogP contribution is 2.20. The van der Waals surface area contributed by atoms with Crippen molar-refractivity contribution < 1.29 is 18.0 Å². The summed E-state index contributed by atoms with van der Waals surface area (Å²) < 4.78 is 40.9. The highest BCUT2D eigenvalue weighted by atomic mass is 19.2. The second-order valence-electron chi connectivity index (χ2n) is 7.02. The van der Waals surface area contributed by atoms with E-state index < -0.39 is 47.3 Å². The summed E-state index contributed by atoms with van der Waals surface area (Å²) in [5.41, 5.74) is -0.376. The second kappa shape index (κ2) is 8.02. The van der Waals surface area contributed by atoms with Gasteiger partial charge in [-0.05, 0) is 25.5 Å². The Morgan fingerprint density at radius 1 is 1.36 bits per heavy atom. The Morgan fingerprint density at radius 2 is 2.07 bits per heavy atom. The molecule has 0 saturated carbocycles. The number of piperidine rings is 1. The van der Waals surface area contributed by atoms with Crippen molar-refractivity contribution in [3.63, 3.8) is 0 Å². The molecule has 4 atom stereocenters. The van der Waals surface area contributed by atoms with E-state index in [0.29, 0.717) is 6.54 Å². The number of pyridine rings is 1. The first-order valence-corrected chi connectivity index (χ1v) is 8.86. The number of alkyl halides is 1. The number of rotatable bonds is 4. The van der Waals surface area contributed by atoms with Gasteiger partial charge in [-0.25, -0.2) is 13.2 Å². The number of nitrogens with one attached hydrogen (secondary N) is 3. The van der Waals surface area contributed by atoms with Crippen molar-refractivity contribution >= 4 is 16.8 Å². The fourth-order valence-electron chi connectivity index (χ4n) is 3.44. The van der Waals surface area contributed by atoms with Gasteiger partial charge in [-0.1, -0.05) is 0 Å². The van der Waals surface area contributed by atoms with Crippen molar-refractivity contribution in [2.75, 3.05) is 6.54 Å². The van der Waals surface area contributed by atoms with E-state index in [1.54, 1.807) is 6.92 Å². The lowest BCUT2D eigenvalue weighted by molar-refractivity contribution is -0.121. The van der Waals surface area contributed by atoms with Crippen LogP contribution in [0.3, 0.4) is 0 Å². The predicted molar refractivity (Wildman–Crippen MR) is 96.2 cm³/mol. The number of aromatic nitrogens is 1. The highest BCUT2D eigenvalue weighted by molar-refractivity contribution is 5.83.